The van der Waals surface area contributed by atoms with Gasteiger partial charge in [0.05, 0.1) is 19.1 Å². The van der Waals surface area contributed by atoms with Crippen LogP contribution in [-0.4, -0.2) is 29.9 Å². The molecule has 2 aliphatic rings. The van der Waals surface area contributed by atoms with Gasteiger partial charge in [-0.25, -0.2) is 0 Å². The lowest BCUT2D eigenvalue weighted by atomic mass is 9.91. The number of rotatable bonds is 4. The zero-order valence-electron chi connectivity index (χ0n) is 14.2. The van der Waals surface area contributed by atoms with Crippen LogP contribution in [0, 0.1) is 0 Å². The van der Waals surface area contributed by atoms with E-state index in [1.165, 1.54) is 26.2 Å². The Hall–Kier alpha value is -2.82. The van der Waals surface area contributed by atoms with E-state index in [1.54, 1.807) is 6.08 Å². The fraction of sp³-hybridized carbons (Fsp3) is 0.300. The minimum atomic E-state index is -0.410. The van der Waals surface area contributed by atoms with Gasteiger partial charge in [0, 0.05) is 6.07 Å². The minimum absolute atomic E-state index is 0.138. The highest BCUT2D eigenvalue weighted by molar-refractivity contribution is 6.05. The van der Waals surface area contributed by atoms with Gasteiger partial charge < -0.3 is 14.6 Å². The fourth-order valence-corrected chi connectivity index (χ4v) is 3.07. The van der Waals surface area contributed by atoms with E-state index in [9.17, 15) is 14.7 Å². The number of phenols is 1. The summed E-state index contributed by atoms with van der Waals surface area (Å²) in [4.78, 5) is 24.0. The van der Waals surface area contributed by atoms with Gasteiger partial charge in [0.15, 0.2) is 11.6 Å². The third-order valence-corrected chi connectivity index (χ3v) is 4.27. The van der Waals surface area contributed by atoms with E-state index < -0.39 is 6.10 Å². The van der Waals surface area contributed by atoms with E-state index in [0.717, 1.165) is 18.4 Å². The third-order valence-electron chi connectivity index (χ3n) is 4.27. The van der Waals surface area contributed by atoms with Gasteiger partial charge >= 0.3 is 0 Å². The molecule has 0 saturated carbocycles. The zero-order valence-corrected chi connectivity index (χ0v) is 14.2. The van der Waals surface area contributed by atoms with Crippen LogP contribution < -0.4 is 9.47 Å². The average molecular weight is 340 g/mol. The first-order chi connectivity index (χ1) is 12.0. The van der Waals surface area contributed by atoms with Gasteiger partial charge in [-0.2, -0.15) is 0 Å². The molecule has 0 bridgehead atoms. The number of methoxy groups -OCH3 is 1. The molecule has 0 fully saturated rings. The number of aromatic hydroxyl groups is 1. The molecule has 0 radical (unpaired) electrons. The first-order valence-corrected chi connectivity index (χ1v) is 8.20. The van der Waals surface area contributed by atoms with E-state index in [2.05, 4.69) is 12.2 Å². The summed E-state index contributed by atoms with van der Waals surface area (Å²) >= 11 is 0. The maximum Gasteiger partial charge on any atom is 0.174 e. The predicted octanol–water partition coefficient (Wildman–Crippen LogP) is 3.61. The molecule has 0 aromatic heterocycles. The molecule has 0 amide bonds. The third kappa shape index (κ3) is 3.36. The number of benzene rings is 1. The maximum absolute atomic E-state index is 12.6. The molecule has 1 aliphatic carbocycles. The Morgan fingerprint density at radius 3 is 2.84 bits per heavy atom. The highest BCUT2D eigenvalue weighted by Crippen LogP contribution is 2.44. The number of carbonyl (C=O) groups is 2. The fourth-order valence-electron chi connectivity index (χ4n) is 3.07. The first-order valence-electron chi connectivity index (χ1n) is 8.20. The highest BCUT2D eigenvalue weighted by Gasteiger charge is 2.33. The van der Waals surface area contributed by atoms with Crippen molar-refractivity contribution in [2.24, 2.45) is 0 Å². The smallest absolute Gasteiger partial charge is 0.174 e. The van der Waals surface area contributed by atoms with Crippen molar-refractivity contribution < 1.29 is 24.2 Å². The van der Waals surface area contributed by atoms with Gasteiger partial charge in [-0.05, 0) is 37.5 Å². The van der Waals surface area contributed by atoms with Crippen LogP contribution in [0.4, 0.5) is 0 Å². The van der Waals surface area contributed by atoms with Gasteiger partial charge in [-0.15, -0.1) is 0 Å². The lowest BCUT2D eigenvalue weighted by molar-refractivity contribution is -0.112. The van der Waals surface area contributed by atoms with E-state index >= 15 is 0 Å². The van der Waals surface area contributed by atoms with Crippen molar-refractivity contribution in [2.75, 3.05) is 7.11 Å². The van der Waals surface area contributed by atoms with Crippen molar-refractivity contribution in [3.63, 3.8) is 0 Å². The van der Waals surface area contributed by atoms with Crippen LogP contribution in [0.25, 0.3) is 6.08 Å². The Morgan fingerprint density at radius 2 is 2.20 bits per heavy atom. The van der Waals surface area contributed by atoms with Gasteiger partial charge in [0.2, 0.25) is 0 Å². The SMILES string of the molecule is COc1cc(O)c2c(c1/C=C/C(C)=O)O[C@H](C1=CCCC=C1)CC2=O. The standard InChI is InChI=1S/C20H20O5/c1-12(21)8-9-14-18(24-2)11-16(23)19-15(22)10-17(25-20(14)19)13-6-4-3-5-7-13/h4,6-9,11,17,23H,3,5,10H2,1-2H3/b9-8+/t17-/m0/s1. The number of allylic oxidation sites excluding steroid dienone is 3. The molecular weight excluding hydrogens is 320 g/mol. The monoisotopic (exact) mass is 340 g/mol. The summed E-state index contributed by atoms with van der Waals surface area (Å²) in [6.07, 6.45) is 10.7. The van der Waals surface area contributed by atoms with Crippen molar-refractivity contribution in [2.45, 2.75) is 32.3 Å². The molecule has 1 aromatic rings. The van der Waals surface area contributed by atoms with Crippen LogP contribution in [0.15, 0.2) is 35.9 Å². The Balaban J connectivity index is 2.11. The van der Waals surface area contributed by atoms with Gasteiger partial charge in [0.1, 0.15) is 28.9 Å². The number of ether oxygens (including phenoxy) is 2. The molecular formula is C20H20O5. The molecule has 0 spiro atoms. The van der Waals surface area contributed by atoms with E-state index in [-0.39, 0.29) is 35.0 Å². The van der Waals surface area contributed by atoms with E-state index in [0.29, 0.717) is 11.3 Å². The largest absolute Gasteiger partial charge is 0.507 e. The van der Waals surface area contributed by atoms with Crippen molar-refractivity contribution in [3.05, 3.63) is 47.1 Å². The van der Waals surface area contributed by atoms with Crippen LogP contribution in [0.2, 0.25) is 0 Å². The number of Topliss-reactive ketones (excluding diaryl/α,β-unsaturated/α-hetero) is 1. The lowest BCUT2D eigenvalue weighted by Crippen LogP contribution is -2.29. The van der Waals surface area contributed by atoms with Gasteiger partial charge in [0.25, 0.3) is 0 Å². The molecule has 1 aromatic carbocycles. The second kappa shape index (κ2) is 6.97. The number of carbonyl (C=O) groups excluding carboxylic acids is 2. The minimum Gasteiger partial charge on any atom is -0.507 e. The Morgan fingerprint density at radius 1 is 1.40 bits per heavy atom. The number of fused-ring (bicyclic) bond motifs is 1. The summed E-state index contributed by atoms with van der Waals surface area (Å²) in [7, 11) is 1.46. The molecule has 0 saturated heterocycles. The molecule has 5 heteroatoms. The van der Waals surface area contributed by atoms with Crippen LogP contribution >= 0.6 is 0 Å². The summed E-state index contributed by atoms with van der Waals surface area (Å²) in [6.45, 7) is 1.43. The molecule has 5 nitrogen and oxygen atoms in total. The van der Waals surface area contributed by atoms with Crippen LogP contribution in [0.5, 0.6) is 17.2 Å². The van der Waals surface area contributed by atoms with Gasteiger partial charge in [-0.3, -0.25) is 9.59 Å². The number of hydrogen-bond donors (Lipinski definition) is 1. The molecule has 0 unspecified atom stereocenters. The summed E-state index contributed by atoms with van der Waals surface area (Å²) in [5, 5.41) is 10.2. The lowest BCUT2D eigenvalue weighted by Gasteiger charge is -2.29. The maximum atomic E-state index is 12.6. The predicted molar refractivity (Wildman–Crippen MR) is 94.2 cm³/mol. The summed E-state index contributed by atoms with van der Waals surface area (Å²) in [6, 6.07) is 1.38. The Kier molecular flexibility index (Phi) is 4.74. The number of hydrogen-bond acceptors (Lipinski definition) is 5. The van der Waals surface area contributed by atoms with Crippen LogP contribution in [0.1, 0.15) is 42.1 Å². The van der Waals surface area contributed by atoms with E-state index in [4.69, 9.17) is 9.47 Å². The van der Waals surface area contributed by atoms with Crippen molar-refractivity contribution in [1.82, 2.24) is 0 Å². The summed E-state index contributed by atoms with van der Waals surface area (Å²) in [5.41, 5.74) is 1.57. The Bertz CT molecular complexity index is 814. The molecule has 25 heavy (non-hydrogen) atoms. The van der Waals surface area contributed by atoms with Crippen molar-refractivity contribution in [3.8, 4) is 17.2 Å². The highest BCUT2D eigenvalue weighted by atomic mass is 16.5. The second-order valence-corrected chi connectivity index (χ2v) is 6.08. The molecule has 1 atom stereocenters. The van der Waals surface area contributed by atoms with Crippen molar-refractivity contribution >= 4 is 17.6 Å². The second-order valence-electron chi connectivity index (χ2n) is 6.08. The van der Waals surface area contributed by atoms with Crippen LogP contribution in [-0.2, 0) is 4.79 Å². The van der Waals surface area contributed by atoms with Crippen molar-refractivity contribution in [1.29, 1.82) is 0 Å². The van der Waals surface area contributed by atoms with Crippen LogP contribution in [0.3, 0.4) is 0 Å². The molecule has 130 valence electrons. The topological polar surface area (TPSA) is 72.8 Å². The molecule has 1 heterocycles. The first kappa shape index (κ1) is 17.0. The van der Waals surface area contributed by atoms with E-state index in [1.807, 2.05) is 6.08 Å². The number of ketones is 2. The molecule has 3 rings (SSSR count). The average Bonchev–Trinajstić information content (AvgIpc) is 2.60. The summed E-state index contributed by atoms with van der Waals surface area (Å²) in [5.74, 6) is 0.0958. The zero-order chi connectivity index (χ0) is 18.0. The van der Waals surface area contributed by atoms with Gasteiger partial charge in [-0.1, -0.05) is 18.2 Å². The normalized spacial score (nSPS) is 19.4. The molecule has 1 aliphatic heterocycles. The quantitative estimate of drug-likeness (QED) is 0.848. The summed E-state index contributed by atoms with van der Waals surface area (Å²) < 4.78 is 11.4. The molecule has 1 N–H and O–H groups in total. The number of phenolic OH excluding ortho intramolecular Hbond substituents is 1. The Labute approximate surface area is 146 Å².